The molecule has 4 aromatic rings. The molecule has 0 unspecified atom stereocenters. The van der Waals surface area contributed by atoms with Gasteiger partial charge in [0.05, 0.1) is 18.2 Å². The first-order valence-corrected chi connectivity index (χ1v) is 11.8. The van der Waals surface area contributed by atoms with Crippen molar-refractivity contribution in [1.29, 1.82) is 0 Å². The van der Waals surface area contributed by atoms with Crippen LogP contribution in [0.5, 0.6) is 5.75 Å². The quantitative estimate of drug-likeness (QED) is 0.333. The van der Waals surface area contributed by atoms with E-state index in [1.807, 2.05) is 12.1 Å². The van der Waals surface area contributed by atoms with Gasteiger partial charge in [0, 0.05) is 25.6 Å². The normalized spacial score (nSPS) is 13.7. The van der Waals surface area contributed by atoms with Crippen LogP contribution >= 0.6 is 0 Å². The van der Waals surface area contributed by atoms with Crippen LogP contribution in [-0.4, -0.2) is 49.1 Å². The number of carbonyl (C=O) groups is 1. The number of nitrogens with zero attached hydrogens (tertiary/aromatic N) is 5. The Morgan fingerprint density at radius 3 is 2.89 bits per heavy atom. The second-order valence-corrected chi connectivity index (χ2v) is 8.73. The number of tetrazole rings is 1. The minimum Gasteiger partial charge on any atom is -0.486 e. The number of hydrogen-bond acceptors (Lipinski definition) is 8. The smallest absolute Gasteiger partial charge is 0.389 e. The third-order valence-electron chi connectivity index (χ3n) is 6.07. The number of aromatic nitrogens is 5. The van der Waals surface area contributed by atoms with E-state index in [0.29, 0.717) is 53.9 Å². The summed E-state index contributed by atoms with van der Waals surface area (Å²) in [5, 5.41) is 14.2. The summed E-state index contributed by atoms with van der Waals surface area (Å²) in [4.78, 5) is 18.6. The van der Waals surface area contributed by atoms with E-state index in [1.54, 1.807) is 30.0 Å². The summed E-state index contributed by atoms with van der Waals surface area (Å²) in [6.45, 7) is 2.47. The molecule has 38 heavy (non-hydrogen) atoms. The summed E-state index contributed by atoms with van der Waals surface area (Å²) in [6.07, 6.45) is -0.430. The zero-order valence-electron chi connectivity index (χ0n) is 20.3. The lowest BCUT2D eigenvalue weighted by molar-refractivity contribution is -0.134. The van der Waals surface area contributed by atoms with Crippen molar-refractivity contribution >= 4 is 12.0 Å². The van der Waals surface area contributed by atoms with Crippen LogP contribution in [0.2, 0.25) is 0 Å². The van der Waals surface area contributed by atoms with Crippen LogP contribution in [0.1, 0.15) is 40.7 Å². The van der Waals surface area contributed by atoms with E-state index >= 15 is 0 Å². The van der Waals surface area contributed by atoms with Gasteiger partial charge in [-0.3, -0.25) is 4.79 Å². The number of rotatable bonds is 8. The average Bonchev–Trinajstić information content (AvgIpc) is 3.66. The van der Waals surface area contributed by atoms with E-state index in [-0.39, 0.29) is 24.8 Å². The van der Waals surface area contributed by atoms with Gasteiger partial charge in [0.2, 0.25) is 11.7 Å². The van der Waals surface area contributed by atoms with Gasteiger partial charge in [0.1, 0.15) is 29.6 Å². The second kappa shape index (κ2) is 10.5. The number of aromatic amines is 1. The molecular weight excluding hydrogens is 505 g/mol. The Hall–Kier alpha value is -4.42. The maximum atomic E-state index is 12.8. The molecular formula is C25H23F3N6O4. The molecule has 10 nitrogen and oxygen atoms in total. The molecule has 1 aliphatic rings. The van der Waals surface area contributed by atoms with Crippen molar-refractivity contribution in [2.45, 2.75) is 45.5 Å². The largest absolute Gasteiger partial charge is 0.486 e. The van der Waals surface area contributed by atoms with Gasteiger partial charge in [-0.25, -0.2) is 4.98 Å². The van der Waals surface area contributed by atoms with Crippen molar-refractivity contribution in [1.82, 2.24) is 30.5 Å². The summed E-state index contributed by atoms with van der Waals surface area (Å²) < 4.78 is 54.4. The molecule has 0 atom stereocenters. The van der Waals surface area contributed by atoms with Gasteiger partial charge in [-0.2, -0.15) is 18.4 Å². The summed E-state index contributed by atoms with van der Waals surface area (Å²) in [5.74, 6) is 1.55. The van der Waals surface area contributed by atoms with Crippen molar-refractivity contribution < 1.29 is 31.5 Å². The van der Waals surface area contributed by atoms with Crippen molar-refractivity contribution in [3.8, 4) is 17.1 Å². The topological polar surface area (TPSA) is 123 Å². The predicted molar refractivity (Wildman–Crippen MR) is 126 cm³/mol. The predicted octanol–water partition coefficient (Wildman–Crippen LogP) is 4.43. The fourth-order valence-electron chi connectivity index (χ4n) is 4.11. The highest BCUT2D eigenvalue weighted by atomic mass is 19.4. The molecule has 0 fully saturated rings. The molecule has 1 aromatic carbocycles. The van der Waals surface area contributed by atoms with Crippen molar-refractivity contribution in [3.05, 3.63) is 70.8 Å². The Balaban J connectivity index is 1.34. The standard InChI is InChI=1S/C25H23F3N6O4/c1-15-20(29-22(38-15)6-8-25(26,27)28)14-37-21-12-17-13-34(23(35)5-4-18-3-2-10-36-18)9-7-16(17)11-19(21)24-30-32-33-31-24/h2-5,10-12H,6-9,13-14H2,1H3,(H,30,31,32,33)/b5-4+. The van der Waals surface area contributed by atoms with Gasteiger partial charge in [0.15, 0.2) is 5.89 Å². The Kier molecular flexibility index (Phi) is 6.99. The number of H-pyrrole nitrogens is 1. The summed E-state index contributed by atoms with van der Waals surface area (Å²) in [6, 6.07) is 7.22. The molecule has 0 bridgehead atoms. The highest BCUT2D eigenvalue weighted by Gasteiger charge is 2.28. The summed E-state index contributed by atoms with van der Waals surface area (Å²) in [7, 11) is 0. The van der Waals surface area contributed by atoms with E-state index in [1.165, 1.54) is 12.3 Å². The number of furan rings is 1. The highest BCUT2D eigenvalue weighted by molar-refractivity contribution is 5.91. The van der Waals surface area contributed by atoms with E-state index < -0.39 is 12.6 Å². The number of aryl methyl sites for hydroxylation is 2. The number of halogens is 3. The van der Waals surface area contributed by atoms with Crippen molar-refractivity contribution in [2.24, 2.45) is 0 Å². The van der Waals surface area contributed by atoms with Crippen LogP contribution in [0.25, 0.3) is 17.5 Å². The fraction of sp³-hybridized carbons (Fsp3) is 0.320. The van der Waals surface area contributed by atoms with Crippen LogP contribution in [0, 0.1) is 6.92 Å². The SMILES string of the molecule is Cc1oc(CCC(F)(F)F)nc1COc1cc2c(cc1-c1nn[nH]n1)CCN(C(=O)/C=C/c1ccco1)C2. The zero-order valence-corrected chi connectivity index (χ0v) is 20.3. The first-order chi connectivity index (χ1) is 18.2. The lowest BCUT2D eigenvalue weighted by Gasteiger charge is -2.29. The summed E-state index contributed by atoms with van der Waals surface area (Å²) in [5.41, 5.74) is 2.89. The molecule has 5 rings (SSSR count). The Labute approximate surface area is 214 Å². The van der Waals surface area contributed by atoms with Crippen LogP contribution in [0.4, 0.5) is 13.2 Å². The number of hydrogen-bond donors (Lipinski definition) is 1. The van der Waals surface area contributed by atoms with Crippen LogP contribution < -0.4 is 4.74 Å². The van der Waals surface area contributed by atoms with Gasteiger partial charge in [-0.1, -0.05) is 0 Å². The number of nitrogens with one attached hydrogen (secondary N) is 1. The van der Waals surface area contributed by atoms with Crippen molar-refractivity contribution in [3.63, 3.8) is 0 Å². The maximum Gasteiger partial charge on any atom is 0.389 e. The Morgan fingerprint density at radius 2 is 2.16 bits per heavy atom. The molecule has 0 saturated heterocycles. The Morgan fingerprint density at radius 1 is 1.29 bits per heavy atom. The van der Waals surface area contributed by atoms with Gasteiger partial charge < -0.3 is 18.5 Å². The van der Waals surface area contributed by atoms with E-state index in [0.717, 1.165) is 11.1 Å². The third kappa shape index (κ3) is 5.93. The number of alkyl halides is 3. The average molecular weight is 528 g/mol. The Bertz CT molecular complexity index is 1430. The van der Waals surface area contributed by atoms with E-state index in [9.17, 15) is 18.0 Å². The van der Waals surface area contributed by atoms with Gasteiger partial charge in [0.25, 0.3) is 0 Å². The number of fused-ring (bicyclic) bond motifs is 1. The number of amides is 1. The molecule has 3 aromatic heterocycles. The molecule has 0 spiro atoms. The fourth-order valence-corrected chi connectivity index (χ4v) is 4.11. The van der Waals surface area contributed by atoms with Gasteiger partial charge >= 0.3 is 6.18 Å². The zero-order chi connectivity index (χ0) is 26.7. The molecule has 13 heteroatoms. The van der Waals surface area contributed by atoms with Crippen LogP contribution in [0.3, 0.4) is 0 Å². The molecule has 198 valence electrons. The van der Waals surface area contributed by atoms with Gasteiger partial charge in [-0.15, -0.1) is 10.2 Å². The first-order valence-electron chi connectivity index (χ1n) is 11.8. The number of carbonyl (C=O) groups excluding carboxylic acids is 1. The van der Waals surface area contributed by atoms with Crippen LogP contribution in [0.15, 0.2) is 45.4 Å². The minimum absolute atomic E-state index is 0.000912. The molecule has 0 radical (unpaired) electrons. The molecule has 0 aliphatic carbocycles. The monoisotopic (exact) mass is 528 g/mol. The lowest BCUT2D eigenvalue weighted by Crippen LogP contribution is -2.34. The molecule has 1 aliphatic heterocycles. The molecule has 1 amide bonds. The maximum absolute atomic E-state index is 12.8. The van der Waals surface area contributed by atoms with E-state index in [4.69, 9.17) is 13.6 Å². The number of oxazole rings is 1. The van der Waals surface area contributed by atoms with Crippen LogP contribution in [-0.2, 0) is 30.8 Å². The number of ether oxygens (including phenoxy) is 1. The van der Waals surface area contributed by atoms with E-state index in [2.05, 4.69) is 25.6 Å². The van der Waals surface area contributed by atoms with Gasteiger partial charge in [-0.05, 0) is 60.0 Å². The van der Waals surface area contributed by atoms with Crippen molar-refractivity contribution in [2.75, 3.05) is 6.54 Å². The second-order valence-electron chi connectivity index (χ2n) is 8.73. The molecule has 1 N–H and O–H groups in total. The number of benzene rings is 1. The minimum atomic E-state index is -4.30. The summed E-state index contributed by atoms with van der Waals surface area (Å²) >= 11 is 0. The molecule has 4 heterocycles. The first kappa shape index (κ1) is 25.2. The highest BCUT2D eigenvalue weighted by Crippen LogP contribution is 2.34. The lowest BCUT2D eigenvalue weighted by atomic mass is 9.96. The third-order valence-corrected chi connectivity index (χ3v) is 6.07. The molecule has 0 saturated carbocycles.